The molecular formula is C23H21N3O4. The maximum absolute atomic E-state index is 12.5. The summed E-state index contributed by atoms with van der Waals surface area (Å²) < 4.78 is 16.5. The van der Waals surface area contributed by atoms with E-state index >= 15 is 0 Å². The molecule has 0 saturated heterocycles. The van der Waals surface area contributed by atoms with E-state index < -0.39 is 0 Å². The number of anilines is 1. The topological polar surface area (TPSA) is 85.5 Å². The fourth-order valence-electron chi connectivity index (χ4n) is 3.06. The fraction of sp³-hybridized carbons (Fsp3) is 0.130. The van der Waals surface area contributed by atoms with E-state index in [1.807, 2.05) is 54.6 Å². The van der Waals surface area contributed by atoms with Gasteiger partial charge in [-0.2, -0.15) is 5.10 Å². The maximum atomic E-state index is 12.5. The van der Waals surface area contributed by atoms with Crippen molar-refractivity contribution in [3.63, 3.8) is 0 Å². The van der Waals surface area contributed by atoms with Gasteiger partial charge < -0.3 is 19.5 Å². The Kier molecular flexibility index (Phi) is 5.52. The van der Waals surface area contributed by atoms with E-state index in [-0.39, 0.29) is 5.91 Å². The third kappa shape index (κ3) is 4.20. The molecule has 0 atom stereocenters. The molecule has 1 aromatic heterocycles. The van der Waals surface area contributed by atoms with Crippen molar-refractivity contribution in [1.29, 1.82) is 0 Å². The van der Waals surface area contributed by atoms with Crippen LogP contribution in [0.3, 0.4) is 0 Å². The summed E-state index contributed by atoms with van der Waals surface area (Å²) >= 11 is 0. The van der Waals surface area contributed by atoms with Gasteiger partial charge in [-0.25, -0.2) is 0 Å². The number of H-pyrrole nitrogens is 1. The lowest BCUT2D eigenvalue weighted by Crippen LogP contribution is -2.12. The molecule has 0 radical (unpaired) electrons. The molecule has 4 rings (SSSR count). The molecule has 0 unspecified atom stereocenters. The van der Waals surface area contributed by atoms with E-state index in [1.165, 1.54) is 0 Å². The van der Waals surface area contributed by atoms with Gasteiger partial charge in [-0.1, -0.05) is 18.2 Å². The SMILES string of the molecule is COc1cc(COc2ccc3[nH]nc(NC(=O)c4ccccc4)c3c2)cc(OC)c1. The number of benzene rings is 3. The zero-order valence-corrected chi connectivity index (χ0v) is 16.6. The lowest BCUT2D eigenvalue weighted by atomic mass is 10.2. The molecule has 7 nitrogen and oxygen atoms in total. The van der Waals surface area contributed by atoms with Gasteiger partial charge in [0.2, 0.25) is 0 Å². The number of ether oxygens (including phenoxy) is 3. The summed E-state index contributed by atoms with van der Waals surface area (Å²) in [6.45, 7) is 0.336. The number of nitrogens with zero attached hydrogens (tertiary/aromatic N) is 1. The van der Waals surface area contributed by atoms with Crippen molar-refractivity contribution in [1.82, 2.24) is 10.2 Å². The van der Waals surface area contributed by atoms with Crippen molar-refractivity contribution in [2.45, 2.75) is 6.61 Å². The van der Waals surface area contributed by atoms with Gasteiger partial charge in [-0.15, -0.1) is 0 Å². The van der Waals surface area contributed by atoms with Crippen LogP contribution in [0.5, 0.6) is 17.2 Å². The largest absolute Gasteiger partial charge is 0.497 e. The van der Waals surface area contributed by atoms with E-state index in [0.717, 1.165) is 16.5 Å². The Morgan fingerprint density at radius 3 is 2.37 bits per heavy atom. The lowest BCUT2D eigenvalue weighted by Gasteiger charge is -2.10. The van der Waals surface area contributed by atoms with Gasteiger partial charge in [0.15, 0.2) is 5.82 Å². The first-order chi connectivity index (χ1) is 14.7. The molecule has 7 heteroatoms. The normalized spacial score (nSPS) is 10.6. The second kappa shape index (κ2) is 8.57. The smallest absolute Gasteiger partial charge is 0.256 e. The van der Waals surface area contributed by atoms with Crippen LogP contribution >= 0.6 is 0 Å². The fourth-order valence-corrected chi connectivity index (χ4v) is 3.06. The summed E-state index contributed by atoms with van der Waals surface area (Å²) in [6.07, 6.45) is 0. The molecule has 2 N–H and O–H groups in total. The van der Waals surface area contributed by atoms with Crippen LogP contribution in [0.15, 0.2) is 66.7 Å². The molecule has 1 amide bonds. The van der Waals surface area contributed by atoms with Crippen LogP contribution < -0.4 is 19.5 Å². The van der Waals surface area contributed by atoms with Crippen molar-refractivity contribution < 1.29 is 19.0 Å². The third-order valence-electron chi connectivity index (χ3n) is 4.62. The van der Waals surface area contributed by atoms with Gasteiger partial charge >= 0.3 is 0 Å². The number of amides is 1. The number of rotatable bonds is 7. The highest BCUT2D eigenvalue weighted by Crippen LogP contribution is 2.27. The van der Waals surface area contributed by atoms with Crippen molar-refractivity contribution >= 4 is 22.6 Å². The number of methoxy groups -OCH3 is 2. The minimum absolute atomic E-state index is 0.223. The molecule has 1 heterocycles. The average molecular weight is 403 g/mol. The zero-order valence-electron chi connectivity index (χ0n) is 16.6. The van der Waals surface area contributed by atoms with Gasteiger partial charge in [0, 0.05) is 17.0 Å². The van der Waals surface area contributed by atoms with Crippen molar-refractivity contribution in [2.75, 3.05) is 19.5 Å². The van der Waals surface area contributed by atoms with Crippen LogP contribution in [-0.4, -0.2) is 30.3 Å². The average Bonchev–Trinajstić information content (AvgIpc) is 3.19. The highest BCUT2D eigenvalue weighted by Gasteiger charge is 2.12. The number of carbonyl (C=O) groups excluding carboxylic acids is 1. The predicted octanol–water partition coefficient (Wildman–Crippen LogP) is 4.41. The standard InChI is InChI=1S/C23H21N3O4/c1-28-18-10-15(11-19(12-18)29-2)14-30-17-8-9-21-20(13-17)22(26-25-21)24-23(27)16-6-4-3-5-7-16/h3-13H,14H2,1-2H3,(H2,24,25,26,27). The monoisotopic (exact) mass is 403 g/mol. The Labute approximate surface area is 173 Å². The van der Waals surface area contributed by atoms with Crippen LogP contribution in [0.4, 0.5) is 5.82 Å². The van der Waals surface area contributed by atoms with E-state index in [2.05, 4.69) is 15.5 Å². The van der Waals surface area contributed by atoms with Crippen LogP contribution in [-0.2, 0) is 6.61 Å². The molecule has 152 valence electrons. The number of hydrogen-bond acceptors (Lipinski definition) is 5. The van der Waals surface area contributed by atoms with Gasteiger partial charge in [0.25, 0.3) is 5.91 Å². The maximum Gasteiger partial charge on any atom is 0.256 e. The number of nitrogens with one attached hydrogen (secondary N) is 2. The molecule has 0 aliphatic rings. The molecule has 3 aromatic carbocycles. The van der Waals surface area contributed by atoms with E-state index in [1.54, 1.807) is 26.4 Å². The quantitative estimate of drug-likeness (QED) is 0.477. The molecule has 4 aromatic rings. The van der Waals surface area contributed by atoms with Crippen molar-refractivity contribution in [3.8, 4) is 17.2 Å². The minimum atomic E-state index is -0.223. The summed E-state index contributed by atoms with van der Waals surface area (Å²) in [5, 5.41) is 10.7. The Bertz CT molecular complexity index is 1150. The van der Waals surface area contributed by atoms with Gasteiger partial charge in [-0.3, -0.25) is 9.89 Å². The number of hydrogen-bond donors (Lipinski definition) is 2. The van der Waals surface area contributed by atoms with Gasteiger partial charge in [0.05, 0.1) is 19.7 Å². The van der Waals surface area contributed by atoms with Crippen LogP contribution in [0.25, 0.3) is 10.9 Å². The molecular weight excluding hydrogens is 382 g/mol. The molecule has 0 aliphatic heterocycles. The van der Waals surface area contributed by atoms with Gasteiger partial charge in [-0.05, 0) is 48.0 Å². The highest BCUT2D eigenvalue weighted by atomic mass is 16.5. The molecule has 0 bridgehead atoms. The first-order valence-corrected chi connectivity index (χ1v) is 9.35. The van der Waals surface area contributed by atoms with Crippen LogP contribution in [0.1, 0.15) is 15.9 Å². The Hall–Kier alpha value is -4.00. The highest BCUT2D eigenvalue weighted by molar-refractivity contribution is 6.07. The van der Waals surface area contributed by atoms with Gasteiger partial charge in [0.1, 0.15) is 23.9 Å². The Morgan fingerprint density at radius 1 is 0.933 bits per heavy atom. The molecule has 0 aliphatic carbocycles. The third-order valence-corrected chi connectivity index (χ3v) is 4.62. The number of fused-ring (bicyclic) bond motifs is 1. The number of carbonyl (C=O) groups is 1. The molecule has 0 spiro atoms. The Morgan fingerprint density at radius 2 is 1.67 bits per heavy atom. The van der Waals surface area contributed by atoms with E-state index in [9.17, 15) is 4.79 Å². The summed E-state index contributed by atoms with van der Waals surface area (Å²) in [7, 11) is 3.22. The second-order valence-electron chi connectivity index (χ2n) is 6.61. The van der Waals surface area contributed by atoms with E-state index in [4.69, 9.17) is 14.2 Å². The summed E-state index contributed by atoms with van der Waals surface area (Å²) in [5.74, 6) is 2.28. The molecule has 30 heavy (non-hydrogen) atoms. The minimum Gasteiger partial charge on any atom is -0.497 e. The summed E-state index contributed by atoms with van der Waals surface area (Å²) in [5.41, 5.74) is 2.28. The molecule has 0 fully saturated rings. The second-order valence-corrected chi connectivity index (χ2v) is 6.61. The first-order valence-electron chi connectivity index (χ1n) is 9.35. The lowest BCUT2D eigenvalue weighted by molar-refractivity contribution is 0.102. The van der Waals surface area contributed by atoms with Crippen molar-refractivity contribution in [2.24, 2.45) is 0 Å². The number of aromatic nitrogens is 2. The van der Waals surface area contributed by atoms with E-state index in [0.29, 0.717) is 35.2 Å². The predicted molar refractivity (Wildman–Crippen MR) is 114 cm³/mol. The van der Waals surface area contributed by atoms with Crippen LogP contribution in [0, 0.1) is 0 Å². The zero-order chi connectivity index (χ0) is 20.9. The Balaban J connectivity index is 1.52. The van der Waals surface area contributed by atoms with Crippen molar-refractivity contribution in [3.05, 3.63) is 77.9 Å². The first kappa shape index (κ1) is 19.3. The number of aromatic amines is 1. The summed E-state index contributed by atoms with van der Waals surface area (Å²) in [6, 6.07) is 20.1. The summed E-state index contributed by atoms with van der Waals surface area (Å²) in [4.78, 5) is 12.5. The molecule has 0 saturated carbocycles. The van der Waals surface area contributed by atoms with Crippen LogP contribution in [0.2, 0.25) is 0 Å².